The zero-order chi connectivity index (χ0) is 13.0. The van der Waals surface area contributed by atoms with Gasteiger partial charge in [-0.1, -0.05) is 13.8 Å². The number of amides is 1. The van der Waals surface area contributed by atoms with E-state index in [1.54, 1.807) is 4.90 Å². The molecule has 2 atom stereocenters. The van der Waals surface area contributed by atoms with Crippen LogP contribution in [0.3, 0.4) is 0 Å². The van der Waals surface area contributed by atoms with Crippen molar-refractivity contribution in [3.05, 3.63) is 0 Å². The number of carboxylic acid groups (broad SMARTS) is 1. The molecule has 98 valence electrons. The molecule has 17 heavy (non-hydrogen) atoms. The van der Waals surface area contributed by atoms with E-state index < -0.39 is 12.0 Å². The van der Waals surface area contributed by atoms with Gasteiger partial charge in [-0.25, -0.2) is 0 Å². The molecule has 1 rings (SSSR count). The average Bonchev–Trinajstić information content (AvgIpc) is 2.62. The third-order valence-corrected chi connectivity index (χ3v) is 3.10. The number of nitrogens with two attached hydrogens (primary N) is 1. The quantitative estimate of drug-likeness (QED) is 0.742. The summed E-state index contributed by atoms with van der Waals surface area (Å²) < 4.78 is 0. The van der Waals surface area contributed by atoms with Gasteiger partial charge in [0.2, 0.25) is 5.91 Å². The zero-order valence-corrected chi connectivity index (χ0v) is 10.6. The molecule has 0 saturated carbocycles. The van der Waals surface area contributed by atoms with Crippen molar-refractivity contribution in [2.45, 2.75) is 39.2 Å². The van der Waals surface area contributed by atoms with Crippen LogP contribution in [0.5, 0.6) is 0 Å². The summed E-state index contributed by atoms with van der Waals surface area (Å²) in [7, 11) is 0. The summed E-state index contributed by atoms with van der Waals surface area (Å²) in [5.41, 5.74) is 5.84. The summed E-state index contributed by atoms with van der Waals surface area (Å²) in [5.74, 6) is -0.351. The zero-order valence-electron chi connectivity index (χ0n) is 10.6. The van der Waals surface area contributed by atoms with Crippen LogP contribution >= 0.6 is 0 Å². The SMILES string of the molecule is CC(C)C[C@@H](N)C(=O)N1CCC(CC(=O)O)C1. The fraction of sp³-hybridized carbons (Fsp3) is 0.833. The molecule has 5 heteroatoms. The molecule has 1 amide bonds. The molecule has 0 aromatic rings. The van der Waals surface area contributed by atoms with Crippen molar-refractivity contribution >= 4 is 11.9 Å². The minimum absolute atomic E-state index is 0.0356. The lowest BCUT2D eigenvalue weighted by atomic mass is 10.0. The fourth-order valence-corrected chi connectivity index (χ4v) is 2.29. The molecule has 1 unspecified atom stereocenters. The Morgan fingerprint density at radius 3 is 2.65 bits per heavy atom. The van der Waals surface area contributed by atoms with Crippen LogP contribution < -0.4 is 5.73 Å². The van der Waals surface area contributed by atoms with Crippen molar-refractivity contribution in [3.63, 3.8) is 0 Å². The Balaban J connectivity index is 2.42. The van der Waals surface area contributed by atoms with Gasteiger partial charge in [0.25, 0.3) is 0 Å². The predicted octanol–water partition coefficient (Wildman–Crippen LogP) is 0.683. The minimum Gasteiger partial charge on any atom is -0.481 e. The molecule has 0 aromatic carbocycles. The van der Waals surface area contributed by atoms with Gasteiger partial charge in [-0.15, -0.1) is 0 Å². The maximum Gasteiger partial charge on any atom is 0.303 e. The lowest BCUT2D eigenvalue weighted by molar-refractivity contribution is -0.138. The number of carboxylic acids is 1. The minimum atomic E-state index is -0.796. The molecule has 1 saturated heterocycles. The monoisotopic (exact) mass is 242 g/mol. The van der Waals surface area contributed by atoms with Crippen LogP contribution in [-0.2, 0) is 9.59 Å². The Bertz CT molecular complexity index is 291. The highest BCUT2D eigenvalue weighted by molar-refractivity contribution is 5.82. The molecule has 1 aliphatic rings. The van der Waals surface area contributed by atoms with Gasteiger partial charge < -0.3 is 15.7 Å². The maximum absolute atomic E-state index is 12.0. The largest absolute Gasteiger partial charge is 0.481 e. The lowest BCUT2D eigenvalue weighted by Gasteiger charge is -2.21. The van der Waals surface area contributed by atoms with Crippen LogP contribution in [0.25, 0.3) is 0 Å². The van der Waals surface area contributed by atoms with E-state index in [9.17, 15) is 9.59 Å². The summed E-state index contributed by atoms with van der Waals surface area (Å²) in [6, 6.07) is -0.446. The summed E-state index contributed by atoms with van der Waals surface area (Å²) in [5, 5.41) is 8.70. The van der Waals surface area contributed by atoms with E-state index in [1.807, 2.05) is 13.8 Å². The van der Waals surface area contributed by atoms with Crippen LogP contribution in [0.4, 0.5) is 0 Å². The van der Waals surface area contributed by atoms with Crippen molar-refractivity contribution < 1.29 is 14.7 Å². The lowest BCUT2D eigenvalue weighted by Crippen LogP contribution is -2.43. The van der Waals surface area contributed by atoms with E-state index in [0.717, 1.165) is 6.42 Å². The second-order valence-corrected chi connectivity index (χ2v) is 5.27. The fourth-order valence-electron chi connectivity index (χ4n) is 2.29. The molecule has 0 radical (unpaired) electrons. The van der Waals surface area contributed by atoms with Crippen LogP contribution in [0, 0.1) is 11.8 Å². The molecule has 0 aromatic heterocycles. The number of hydrogen-bond donors (Lipinski definition) is 2. The number of rotatable bonds is 5. The molecule has 5 nitrogen and oxygen atoms in total. The predicted molar refractivity (Wildman–Crippen MR) is 64.4 cm³/mol. The third kappa shape index (κ3) is 4.34. The summed E-state index contributed by atoms with van der Waals surface area (Å²) >= 11 is 0. The van der Waals surface area contributed by atoms with E-state index in [1.165, 1.54) is 0 Å². The number of likely N-dealkylation sites (tertiary alicyclic amines) is 1. The number of nitrogens with zero attached hydrogens (tertiary/aromatic N) is 1. The molecule has 1 aliphatic heterocycles. The number of hydrogen-bond acceptors (Lipinski definition) is 3. The van der Waals surface area contributed by atoms with Crippen LogP contribution in [-0.4, -0.2) is 41.0 Å². The van der Waals surface area contributed by atoms with Gasteiger partial charge in [0.05, 0.1) is 6.04 Å². The van der Waals surface area contributed by atoms with Crippen molar-refractivity contribution in [2.24, 2.45) is 17.6 Å². The van der Waals surface area contributed by atoms with Crippen molar-refractivity contribution in [1.29, 1.82) is 0 Å². The smallest absolute Gasteiger partial charge is 0.303 e. The first-order valence-electron chi connectivity index (χ1n) is 6.16. The van der Waals surface area contributed by atoms with Gasteiger partial charge in [-0.2, -0.15) is 0 Å². The number of carbonyl (C=O) groups excluding carboxylic acids is 1. The van der Waals surface area contributed by atoms with Crippen LogP contribution in [0.1, 0.15) is 33.1 Å². The Labute approximate surface area is 102 Å². The van der Waals surface area contributed by atoms with E-state index in [0.29, 0.717) is 25.4 Å². The summed E-state index contributed by atoms with van der Waals surface area (Å²) in [4.78, 5) is 24.3. The molecular formula is C12H22N2O3. The summed E-state index contributed by atoms with van der Waals surface area (Å²) in [6.07, 6.45) is 1.59. The first-order valence-corrected chi connectivity index (χ1v) is 6.16. The highest BCUT2D eigenvalue weighted by atomic mass is 16.4. The Kier molecular flexibility index (Phi) is 4.93. The van der Waals surface area contributed by atoms with Gasteiger partial charge in [-0.3, -0.25) is 9.59 Å². The second kappa shape index (κ2) is 6.00. The van der Waals surface area contributed by atoms with Crippen LogP contribution in [0.2, 0.25) is 0 Å². The first-order chi connectivity index (χ1) is 7.90. The van der Waals surface area contributed by atoms with Gasteiger partial charge in [0.1, 0.15) is 0 Å². The third-order valence-electron chi connectivity index (χ3n) is 3.10. The van der Waals surface area contributed by atoms with Crippen molar-refractivity contribution in [3.8, 4) is 0 Å². The molecule has 0 bridgehead atoms. The van der Waals surface area contributed by atoms with E-state index in [4.69, 9.17) is 10.8 Å². The molecular weight excluding hydrogens is 220 g/mol. The molecule has 1 heterocycles. The van der Waals surface area contributed by atoms with Gasteiger partial charge >= 0.3 is 5.97 Å². The normalized spacial score (nSPS) is 21.9. The highest BCUT2D eigenvalue weighted by Crippen LogP contribution is 2.20. The Hall–Kier alpha value is -1.10. The molecule has 0 spiro atoms. The highest BCUT2D eigenvalue weighted by Gasteiger charge is 2.30. The van der Waals surface area contributed by atoms with Gasteiger partial charge in [0, 0.05) is 19.5 Å². The van der Waals surface area contributed by atoms with Gasteiger partial charge in [0.15, 0.2) is 0 Å². The van der Waals surface area contributed by atoms with Crippen molar-refractivity contribution in [2.75, 3.05) is 13.1 Å². The van der Waals surface area contributed by atoms with E-state index in [-0.39, 0.29) is 18.2 Å². The summed E-state index contributed by atoms with van der Waals surface area (Å²) in [6.45, 7) is 5.24. The molecule has 1 fully saturated rings. The topological polar surface area (TPSA) is 83.6 Å². The standard InChI is InChI=1S/C12H22N2O3/c1-8(2)5-10(13)12(17)14-4-3-9(7-14)6-11(15)16/h8-10H,3-7,13H2,1-2H3,(H,15,16)/t9?,10-/m1/s1. The van der Waals surface area contributed by atoms with E-state index in [2.05, 4.69) is 0 Å². The maximum atomic E-state index is 12.0. The van der Waals surface area contributed by atoms with Gasteiger partial charge in [-0.05, 0) is 24.7 Å². The Morgan fingerprint density at radius 2 is 2.12 bits per heavy atom. The number of aliphatic carboxylic acids is 1. The molecule has 0 aliphatic carbocycles. The Morgan fingerprint density at radius 1 is 1.47 bits per heavy atom. The van der Waals surface area contributed by atoms with Crippen LogP contribution in [0.15, 0.2) is 0 Å². The number of carbonyl (C=O) groups is 2. The van der Waals surface area contributed by atoms with E-state index >= 15 is 0 Å². The first kappa shape index (κ1) is 14.0. The average molecular weight is 242 g/mol. The van der Waals surface area contributed by atoms with Crippen molar-refractivity contribution in [1.82, 2.24) is 4.90 Å². The molecule has 3 N–H and O–H groups in total. The second-order valence-electron chi connectivity index (χ2n) is 5.27.